The van der Waals surface area contributed by atoms with E-state index in [4.69, 9.17) is 0 Å². The summed E-state index contributed by atoms with van der Waals surface area (Å²) in [5.41, 5.74) is 1.30. The molecule has 0 saturated heterocycles. The van der Waals surface area contributed by atoms with Crippen molar-refractivity contribution in [2.75, 3.05) is 6.26 Å². The van der Waals surface area contributed by atoms with Crippen molar-refractivity contribution in [2.24, 2.45) is 4.36 Å². The number of nitrogens with zero attached hydrogens (tertiary/aromatic N) is 5. The molecule has 4 aromatic rings. The van der Waals surface area contributed by atoms with Gasteiger partial charge >= 0.3 is 12.1 Å². The molecule has 0 N–H and O–H groups in total. The topological polar surface area (TPSA) is 85.7 Å². The van der Waals surface area contributed by atoms with Crippen LogP contribution in [0.25, 0.3) is 17.0 Å². The summed E-state index contributed by atoms with van der Waals surface area (Å²) in [4.78, 5) is 8.09. The Morgan fingerprint density at radius 2 is 1.83 bits per heavy atom. The molecule has 3 aromatic heterocycles. The van der Waals surface area contributed by atoms with Crippen molar-refractivity contribution in [1.82, 2.24) is 19.5 Å². The highest BCUT2D eigenvalue weighted by molar-refractivity contribution is 7.93. The van der Waals surface area contributed by atoms with Crippen molar-refractivity contribution in [3.8, 4) is 11.4 Å². The molecular formula is C18H13F4N5O2S. The van der Waals surface area contributed by atoms with Crippen LogP contribution in [0.4, 0.5) is 17.6 Å². The molecule has 1 atom stereocenters. The van der Waals surface area contributed by atoms with E-state index in [1.54, 1.807) is 16.7 Å². The quantitative estimate of drug-likeness (QED) is 0.445. The zero-order chi connectivity index (χ0) is 21.5. The summed E-state index contributed by atoms with van der Waals surface area (Å²) in [5.74, 6) is -2.08. The zero-order valence-electron chi connectivity index (χ0n) is 15.3. The van der Waals surface area contributed by atoms with Crippen LogP contribution in [0.1, 0.15) is 11.6 Å². The standard InChI is InChI=1S/C18H13F4N5O2S/c1-30(28,14-5-3-12(19)4-6-14)23-8-13-10-27-9-11(2-7-15(27)24-13)16-25-17(29-26-16)18(20,21)22/h2-7,9-10H,8H2,1H3. The van der Waals surface area contributed by atoms with Gasteiger partial charge in [-0.1, -0.05) is 5.16 Å². The van der Waals surface area contributed by atoms with E-state index >= 15 is 0 Å². The Bertz CT molecular complexity index is 1330. The fourth-order valence-electron chi connectivity index (χ4n) is 2.66. The molecule has 0 aliphatic rings. The fraction of sp³-hybridized carbons (Fsp3) is 0.167. The maximum absolute atomic E-state index is 13.1. The van der Waals surface area contributed by atoms with E-state index in [0.717, 1.165) is 0 Å². The third-order valence-corrected chi connectivity index (χ3v) is 5.92. The van der Waals surface area contributed by atoms with Crippen LogP contribution in [0.15, 0.2) is 62.6 Å². The normalized spacial score (nSPS) is 14.0. The van der Waals surface area contributed by atoms with Gasteiger partial charge in [-0.3, -0.25) is 0 Å². The van der Waals surface area contributed by atoms with Crippen molar-refractivity contribution in [3.05, 3.63) is 66.2 Å². The molecule has 0 amide bonds. The summed E-state index contributed by atoms with van der Waals surface area (Å²) >= 11 is 0. The minimum Gasteiger partial charge on any atom is -0.329 e. The van der Waals surface area contributed by atoms with Crippen LogP contribution < -0.4 is 0 Å². The summed E-state index contributed by atoms with van der Waals surface area (Å²) in [5, 5.41) is 3.35. The van der Waals surface area contributed by atoms with E-state index < -0.39 is 27.6 Å². The molecule has 3 heterocycles. The number of imidazole rings is 1. The lowest BCUT2D eigenvalue weighted by molar-refractivity contribution is -0.159. The number of halogens is 4. The zero-order valence-corrected chi connectivity index (χ0v) is 16.1. The van der Waals surface area contributed by atoms with Crippen LogP contribution in [0.3, 0.4) is 0 Å². The Labute approximate surface area is 167 Å². The molecule has 0 fully saturated rings. The highest BCUT2D eigenvalue weighted by atomic mass is 32.2. The number of fused-ring (bicyclic) bond motifs is 1. The Morgan fingerprint density at radius 3 is 2.50 bits per heavy atom. The molecular weight excluding hydrogens is 426 g/mol. The van der Waals surface area contributed by atoms with Gasteiger partial charge < -0.3 is 8.92 Å². The second-order valence-electron chi connectivity index (χ2n) is 6.38. The summed E-state index contributed by atoms with van der Waals surface area (Å²) < 4.78 is 73.7. The van der Waals surface area contributed by atoms with E-state index in [-0.39, 0.29) is 12.4 Å². The number of hydrogen-bond acceptors (Lipinski definition) is 6. The average Bonchev–Trinajstić information content (AvgIpc) is 3.33. The number of benzene rings is 1. The molecule has 30 heavy (non-hydrogen) atoms. The molecule has 0 radical (unpaired) electrons. The van der Waals surface area contributed by atoms with Gasteiger partial charge in [-0.25, -0.2) is 17.9 Å². The maximum Gasteiger partial charge on any atom is 0.471 e. The van der Waals surface area contributed by atoms with Crippen molar-refractivity contribution >= 4 is 15.4 Å². The SMILES string of the molecule is CS(=O)(=NCc1cn2cc(-c3noc(C(F)(F)F)n3)ccc2n1)c1ccc(F)cc1. The number of alkyl halides is 3. The first-order valence-electron chi connectivity index (χ1n) is 8.44. The van der Waals surface area contributed by atoms with Gasteiger partial charge in [-0.05, 0) is 36.4 Å². The lowest BCUT2D eigenvalue weighted by Gasteiger charge is -2.03. The van der Waals surface area contributed by atoms with E-state index in [2.05, 4.69) is 24.0 Å². The van der Waals surface area contributed by atoms with Crippen molar-refractivity contribution < 1.29 is 26.3 Å². The van der Waals surface area contributed by atoms with Crippen molar-refractivity contribution in [3.63, 3.8) is 0 Å². The molecule has 7 nitrogen and oxygen atoms in total. The predicted molar refractivity (Wildman–Crippen MR) is 98.4 cm³/mol. The van der Waals surface area contributed by atoms with Gasteiger partial charge in [0.25, 0.3) is 0 Å². The van der Waals surface area contributed by atoms with Gasteiger partial charge in [0, 0.05) is 29.1 Å². The Kier molecular flexibility index (Phi) is 4.80. The van der Waals surface area contributed by atoms with E-state index in [1.807, 2.05) is 0 Å². The first kappa shape index (κ1) is 20.0. The van der Waals surface area contributed by atoms with E-state index in [1.165, 1.54) is 42.8 Å². The molecule has 156 valence electrons. The minimum atomic E-state index is -4.73. The lowest BCUT2D eigenvalue weighted by atomic mass is 10.3. The number of aromatic nitrogens is 4. The Hall–Kier alpha value is -3.28. The summed E-state index contributed by atoms with van der Waals surface area (Å²) in [6.07, 6.45) is -0.174. The summed E-state index contributed by atoms with van der Waals surface area (Å²) in [6.45, 7) is 0.0319. The number of rotatable bonds is 4. The fourth-order valence-corrected chi connectivity index (χ4v) is 3.83. The van der Waals surface area contributed by atoms with E-state index in [0.29, 0.717) is 21.8 Å². The first-order chi connectivity index (χ1) is 14.1. The minimum absolute atomic E-state index is 0.0319. The molecule has 0 aliphatic carbocycles. The predicted octanol–water partition coefficient (Wildman–Crippen LogP) is 4.20. The molecule has 0 saturated carbocycles. The van der Waals surface area contributed by atoms with Crippen LogP contribution in [-0.4, -0.2) is 30.0 Å². The molecule has 0 spiro atoms. The number of pyridine rings is 1. The molecule has 1 aromatic carbocycles. The van der Waals surface area contributed by atoms with Gasteiger partial charge in [0.15, 0.2) is 0 Å². The third-order valence-electron chi connectivity index (χ3n) is 4.15. The highest BCUT2D eigenvalue weighted by Gasteiger charge is 2.38. The second-order valence-corrected chi connectivity index (χ2v) is 8.71. The Morgan fingerprint density at radius 1 is 1.10 bits per heavy atom. The van der Waals surface area contributed by atoms with Crippen LogP contribution in [0.2, 0.25) is 0 Å². The highest BCUT2D eigenvalue weighted by Crippen LogP contribution is 2.29. The molecule has 0 aliphatic heterocycles. The van der Waals surface area contributed by atoms with Crippen LogP contribution >= 0.6 is 0 Å². The van der Waals surface area contributed by atoms with Gasteiger partial charge in [0.2, 0.25) is 5.82 Å². The second kappa shape index (κ2) is 7.20. The van der Waals surface area contributed by atoms with Gasteiger partial charge in [0.05, 0.1) is 22.0 Å². The average molecular weight is 439 g/mol. The van der Waals surface area contributed by atoms with Crippen LogP contribution in [-0.2, 0) is 22.5 Å². The first-order valence-corrected chi connectivity index (χ1v) is 10.4. The third kappa shape index (κ3) is 4.03. The largest absolute Gasteiger partial charge is 0.471 e. The molecule has 12 heteroatoms. The van der Waals surface area contributed by atoms with Gasteiger partial charge in [-0.2, -0.15) is 18.2 Å². The van der Waals surface area contributed by atoms with Gasteiger partial charge in [-0.15, -0.1) is 0 Å². The van der Waals surface area contributed by atoms with Crippen molar-refractivity contribution in [2.45, 2.75) is 17.6 Å². The summed E-state index contributed by atoms with van der Waals surface area (Å²) in [7, 11) is -2.75. The smallest absolute Gasteiger partial charge is 0.329 e. The molecule has 0 bridgehead atoms. The Balaban J connectivity index is 1.60. The van der Waals surface area contributed by atoms with Gasteiger partial charge in [0.1, 0.15) is 11.5 Å². The summed E-state index contributed by atoms with van der Waals surface area (Å²) in [6, 6.07) is 8.33. The van der Waals surface area contributed by atoms with Crippen molar-refractivity contribution in [1.29, 1.82) is 0 Å². The molecule has 4 rings (SSSR count). The van der Waals surface area contributed by atoms with E-state index in [9.17, 15) is 21.8 Å². The maximum atomic E-state index is 13.1. The molecule has 1 unspecified atom stereocenters. The van der Waals surface area contributed by atoms with Crippen LogP contribution in [0.5, 0.6) is 0 Å². The number of hydrogen-bond donors (Lipinski definition) is 0. The lowest BCUT2D eigenvalue weighted by Crippen LogP contribution is -2.04. The monoisotopic (exact) mass is 439 g/mol. The van der Waals surface area contributed by atoms with Crippen LogP contribution in [0, 0.1) is 5.82 Å².